The number of aromatic carboxylic acids is 1. The van der Waals surface area contributed by atoms with E-state index in [1.54, 1.807) is 12.1 Å². The maximum atomic E-state index is 11.2. The topological polar surface area (TPSA) is 49.3 Å². The zero-order valence-corrected chi connectivity index (χ0v) is 12.5. The predicted octanol–water partition coefficient (Wildman–Crippen LogP) is 4.32. The van der Waals surface area contributed by atoms with E-state index in [2.05, 4.69) is 12.2 Å². The molecule has 1 fully saturated rings. The number of anilines is 1. The molecule has 1 aromatic rings. The van der Waals surface area contributed by atoms with E-state index in [1.807, 2.05) is 13.0 Å². The highest BCUT2D eigenvalue weighted by atomic mass is 16.4. The van der Waals surface area contributed by atoms with Crippen LogP contribution in [0, 0.1) is 18.8 Å². The highest BCUT2D eigenvalue weighted by Crippen LogP contribution is 2.30. The second-order valence-corrected chi connectivity index (χ2v) is 6.14. The molecule has 1 saturated carbocycles. The van der Waals surface area contributed by atoms with E-state index in [9.17, 15) is 9.90 Å². The zero-order chi connectivity index (χ0) is 14.5. The Morgan fingerprint density at radius 3 is 2.65 bits per heavy atom. The Bertz CT molecular complexity index is 462. The fourth-order valence-corrected chi connectivity index (χ4v) is 3.10. The Morgan fingerprint density at radius 2 is 2.00 bits per heavy atom. The smallest absolute Gasteiger partial charge is 0.337 e. The van der Waals surface area contributed by atoms with Gasteiger partial charge in [0.2, 0.25) is 0 Å². The zero-order valence-electron chi connectivity index (χ0n) is 12.5. The Morgan fingerprint density at radius 1 is 1.30 bits per heavy atom. The van der Waals surface area contributed by atoms with Gasteiger partial charge in [0.05, 0.1) is 11.3 Å². The average Bonchev–Trinajstić information content (AvgIpc) is 2.42. The number of nitrogens with one attached hydrogen (secondary N) is 1. The monoisotopic (exact) mass is 275 g/mol. The van der Waals surface area contributed by atoms with Crippen molar-refractivity contribution in [2.24, 2.45) is 11.8 Å². The quantitative estimate of drug-likeness (QED) is 0.841. The standard InChI is InChI=1S/C17H25NO2/c1-12-6-8-14(9-7-12)10-11-18-16-13(2)4-3-5-15(16)17(19)20/h3-5,12,14,18H,6-11H2,1-2H3,(H,19,20). The van der Waals surface area contributed by atoms with Crippen molar-refractivity contribution in [2.75, 3.05) is 11.9 Å². The largest absolute Gasteiger partial charge is 0.478 e. The number of benzene rings is 1. The molecule has 1 aromatic carbocycles. The molecule has 0 aliphatic heterocycles. The lowest BCUT2D eigenvalue weighted by Gasteiger charge is -2.26. The van der Waals surface area contributed by atoms with Gasteiger partial charge in [-0.05, 0) is 36.8 Å². The molecular formula is C17H25NO2. The van der Waals surface area contributed by atoms with Crippen LogP contribution in [0.3, 0.4) is 0 Å². The molecule has 2 N–H and O–H groups in total. The first-order chi connectivity index (χ1) is 9.58. The van der Waals surface area contributed by atoms with Gasteiger partial charge in [-0.25, -0.2) is 4.79 Å². The molecule has 0 bridgehead atoms. The molecule has 1 aliphatic carbocycles. The van der Waals surface area contributed by atoms with E-state index in [0.717, 1.165) is 36.1 Å². The summed E-state index contributed by atoms with van der Waals surface area (Å²) in [6, 6.07) is 5.42. The third-order valence-corrected chi connectivity index (χ3v) is 4.49. The van der Waals surface area contributed by atoms with Crippen LogP contribution in [0.25, 0.3) is 0 Å². The van der Waals surface area contributed by atoms with E-state index >= 15 is 0 Å². The minimum atomic E-state index is -0.859. The number of aryl methyl sites for hydroxylation is 1. The number of hydrogen-bond acceptors (Lipinski definition) is 2. The first-order valence-corrected chi connectivity index (χ1v) is 7.64. The van der Waals surface area contributed by atoms with Crippen LogP contribution in [0.5, 0.6) is 0 Å². The summed E-state index contributed by atoms with van der Waals surface area (Å²) in [4.78, 5) is 11.2. The third kappa shape index (κ3) is 3.75. The van der Waals surface area contributed by atoms with E-state index < -0.39 is 5.97 Å². The average molecular weight is 275 g/mol. The van der Waals surface area contributed by atoms with Gasteiger partial charge in [0, 0.05) is 6.54 Å². The summed E-state index contributed by atoms with van der Waals surface area (Å²) in [6.07, 6.45) is 6.47. The first kappa shape index (κ1) is 14.9. The molecule has 0 aromatic heterocycles. The molecule has 0 saturated heterocycles. The molecule has 2 rings (SSSR count). The Kier molecular flexibility index (Phi) is 5.05. The van der Waals surface area contributed by atoms with Crippen molar-refractivity contribution < 1.29 is 9.90 Å². The lowest BCUT2D eigenvalue weighted by Crippen LogP contribution is -2.17. The van der Waals surface area contributed by atoms with Crippen LogP contribution in [-0.4, -0.2) is 17.6 Å². The minimum absolute atomic E-state index is 0.377. The van der Waals surface area contributed by atoms with Gasteiger partial charge in [-0.2, -0.15) is 0 Å². The van der Waals surface area contributed by atoms with Gasteiger partial charge in [0.1, 0.15) is 0 Å². The van der Waals surface area contributed by atoms with Crippen molar-refractivity contribution in [1.82, 2.24) is 0 Å². The van der Waals surface area contributed by atoms with Crippen LogP contribution in [0.1, 0.15) is 54.9 Å². The summed E-state index contributed by atoms with van der Waals surface area (Å²) >= 11 is 0. The van der Waals surface area contributed by atoms with Crippen LogP contribution >= 0.6 is 0 Å². The second kappa shape index (κ2) is 6.78. The highest BCUT2D eigenvalue weighted by Gasteiger charge is 2.18. The van der Waals surface area contributed by atoms with Crippen molar-refractivity contribution in [2.45, 2.75) is 46.0 Å². The van der Waals surface area contributed by atoms with Crippen molar-refractivity contribution in [1.29, 1.82) is 0 Å². The summed E-state index contributed by atoms with van der Waals surface area (Å²) in [5.74, 6) is 0.827. The van der Waals surface area contributed by atoms with Crippen molar-refractivity contribution in [3.8, 4) is 0 Å². The molecule has 0 heterocycles. The molecule has 0 amide bonds. The highest BCUT2D eigenvalue weighted by molar-refractivity contribution is 5.95. The Labute approximate surface area is 121 Å². The third-order valence-electron chi connectivity index (χ3n) is 4.49. The van der Waals surface area contributed by atoms with Gasteiger partial charge in [0.15, 0.2) is 0 Å². The van der Waals surface area contributed by atoms with Gasteiger partial charge in [-0.3, -0.25) is 0 Å². The summed E-state index contributed by atoms with van der Waals surface area (Å²) in [7, 11) is 0. The minimum Gasteiger partial charge on any atom is -0.478 e. The van der Waals surface area contributed by atoms with Crippen molar-refractivity contribution in [3.05, 3.63) is 29.3 Å². The molecule has 1 aliphatic rings. The predicted molar refractivity (Wildman–Crippen MR) is 82.4 cm³/mol. The van der Waals surface area contributed by atoms with E-state index in [1.165, 1.54) is 25.7 Å². The maximum absolute atomic E-state index is 11.2. The summed E-state index contributed by atoms with van der Waals surface area (Å²) in [5, 5.41) is 12.6. The molecule has 3 heteroatoms. The molecule has 0 atom stereocenters. The number of carboxylic acids is 1. The molecular weight excluding hydrogens is 250 g/mol. The van der Waals surface area contributed by atoms with Gasteiger partial charge in [-0.15, -0.1) is 0 Å². The number of para-hydroxylation sites is 1. The Hall–Kier alpha value is -1.51. The normalized spacial score (nSPS) is 22.5. The molecule has 110 valence electrons. The fraction of sp³-hybridized carbons (Fsp3) is 0.588. The van der Waals surface area contributed by atoms with Crippen LogP contribution < -0.4 is 5.32 Å². The van der Waals surface area contributed by atoms with Crippen molar-refractivity contribution in [3.63, 3.8) is 0 Å². The van der Waals surface area contributed by atoms with Gasteiger partial charge < -0.3 is 10.4 Å². The maximum Gasteiger partial charge on any atom is 0.337 e. The van der Waals surface area contributed by atoms with Crippen molar-refractivity contribution >= 4 is 11.7 Å². The summed E-state index contributed by atoms with van der Waals surface area (Å²) < 4.78 is 0. The van der Waals surface area contributed by atoms with Gasteiger partial charge in [-0.1, -0.05) is 44.7 Å². The summed E-state index contributed by atoms with van der Waals surface area (Å²) in [6.45, 7) is 5.15. The van der Waals surface area contributed by atoms with Crippen LogP contribution in [-0.2, 0) is 0 Å². The molecule has 0 spiro atoms. The van der Waals surface area contributed by atoms with E-state index in [4.69, 9.17) is 0 Å². The Balaban J connectivity index is 1.89. The first-order valence-electron chi connectivity index (χ1n) is 7.64. The lowest BCUT2D eigenvalue weighted by atomic mass is 9.81. The van der Waals surface area contributed by atoms with E-state index in [0.29, 0.717) is 5.56 Å². The van der Waals surface area contributed by atoms with Crippen LogP contribution in [0.15, 0.2) is 18.2 Å². The molecule has 0 unspecified atom stereocenters. The van der Waals surface area contributed by atoms with Crippen LogP contribution in [0.4, 0.5) is 5.69 Å². The SMILES string of the molecule is Cc1cccc(C(=O)O)c1NCCC1CCC(C)CC1. The number of hydrogen-bond donors (Lipinski definition) is 2. The van der Waals surface area contributed by atoms with E-state index in [-0.39, 0.29) is 0 Å². The molecule has 20 heavy (non-hydrogen) atoms. The number of rotatable bonds is 5. The number of carbonyl (C=O) groups is 1. The fourth-order valence-electron chi connectivity index (χ4n) is 3.10. The second-order valence-electron chi connectivity index (χ2n) is 6.14. The molecule has 3 nitrogen and oxygen atoms in total. The number of carboxylic acid groups (broad SMARTS) is 1. The lowest BCUT2D eigenvalue weighted by molar-refractivity contribution is 0.0698. The van der Waals surface area contributed by atoms with Crippen LogP contribution in [0.2, 0.25) is 0 Å². The van der Waals surface area contributed by atoms with Gasteiger partial charge >= 0.3 is 5.97 Å². The van der Waals surface area contributed by atoms with Gasteiger partial charge in [0.25, 0.3) is 0 Å². The summed E-state index contributed by atoms with van der Waals surface area (Å²) in [5.41, 5.74) is 2.16. The molecule has 0 radical (unpaired) electrons.